The minimum Gasteiger partial charge on any atom is -0.507 e. The summed E-state index contributed by atoms with van der Waals surface area (Å²) in [7, 11) is 4.83. The first-order chi connectivity index (χ1) is 16.0. The minimum atomic E-state index is 0.0753. The lowest BCUT2D eigenvalue weighted by molar-refractivity contribution is 0.303. The van der Waals surface area contributed by atoms with Crippen LogP contribution in [0.3, 0.4) is 0 Å². The topological polar surface area (TPSA) is 85.8 Å². The number of methoxy groups -OCH3 is 3. The molecule has 0 aliphatic heterocycles. The number of aryl methyl sites for hydroxylation is 1. The highest BCUT2D eigenvalue weighted by Gasteiger charge is 2.19. The zero-order valence-electron chi connectivity index (χ0n) is 19.0. The van der Waals surface area contributed by atoms with Gasteiger partial charge in [-0.25, -0.2) is 0 Å². The van der Waals surface area contributed by atoms with E-state index in [9.17, 15) is 5.11 Å². The molecule has 0 bridgehead atoms. The van der Waals surface area contributed by atoms with Gasteiger partial charge >= 0.3 is 0 Å². The lowest BCUT2D eigenvalue weighted by Gasteiger charge is -2.12. The van der Waals surface area contributed by atoms with Crippen molar-refractivity contribution in [2.75, 3.05) is 21.3 Å². The first-order valence-electron chi connectivity index (χ1n) is 10.4. The Hall–Kier alpha value is -4.13. The maximum atomic E-state index is 10.8. The lowest BCUT2D eigenvalue weighted by atomic mass is 9.98. The van der Waals surface area contributed by atoms with Crippen LogP contribution >= 0.6 is 0 Å². The number of ether oxygens (including phenoxy) is 4. The zero-order valence-corrected chi connectivity index (χ0v) is 19.0. The van der Waals surface area contributed by atoms with Crippen molar-refractivity contribution in [1.29, 1.82) is 0 Å². The number of H-pyrrole nitrogens is 1. The largest absolute Gasteiger partial charge is 0.507 e. The molecule has 0 unspecified atom stereocenters. The maximum absolute atomic E-state index is 10.8. The van der Waals surface area contributed by atoms with Crippen LogP contribution in [0, 0.1) is 6.92 Å². The van der Waals surface area contributed by atoms with Crippen LogP contribution in [0.25, 0.3) is 22.4 Å². The molecule has 0 spiro atoms. The predicted molar refractivity (Wildman–Crippen MR) is 126 cm³/mol. The first-order valence-corrected chi connectivity index (χ1v) is 10.4. The molecule has 0 saturated heterocycles. The second-order valence-corrected chi connectivity index (χ2v) is 7.46. The maximum Gasteiger partial charge on any atom is 0.161 e. The molecule has 3 aromatic carbocycles. The third kappa shape index (κ3) is 4.57. The monoisotopic (exact) mass is 446 g/mol. The van der Waals surface area contributed by atoms with Crippen LogP contribution in [-0.4, -0.2) is 36.6 Å². The van der Waals surface area contributed by atoms with Gasteiger partial charge in [0.15, 0.2) is 11.5 Å². The third-order valence-electron chi connectivity index (χ3n) is 5.38. The number of nitrogens with zero attached hydrogens (tertiary/aromatic N) is 1. The molecular weight excluding hydrogens is 420 g/mol. The number of phenolic OH excluding ortho intramolecular Hbond substituents is 1. The number of rotatable bonds is 8. The van der Waals surface area contributed by atoms with E-state index in [0.717, 1.165) is 28.1 Å². The number of aromatic hydroxyl groups is 1. The van der Waals surface area contributed by atoms with Crippen molar-refractivity contribution in [2.45, 2.75) is 13.5 Å². The summed E-state index contributed by atoms with van der Waals surface area (Å²) in [5, 5.41) is 18.3. The van der Waals surface area contributed by atoms with Crippen molar-refractivity contribution < 1.29 is 24.1 Å². The van der Waals surface area contributed by atoms with E-state index >= 15 is 0 Å². The van der Waals surface area contributed by atoms with Crippen molar-refractivity contribution in [3.05, 3.63) is 71.9 Å². The van der Waals surface area contributed by atoms with Gasteiger partial charge in [-0.3, -0.25) is 5.10 Å². The van der Waals surface area contributed by atoms with E-state index in [-0.39, 0.29) is 5.75 Å². The highest BCUT2D eigenvalue weighted by molar-refractivity contribution is 5.86. The average Bonchev–Trinajstić information content (AvgIpc) is 3.23. The van der Waals surface area contributed by atoms with Gasteiger partial charge in [-0.1, -0.05) is 18.2 Å². The van der Waals surface area contributed by atoms with Crippen LogP contribution in [0.1, 0.15) is 11.3 Å². The highest BCUT2D eigenvalue weighted by Crippen LogP contribution is 2.41. The van der Waals surface area contributed by atoms with Crippen molar-refractivity contribution in [3.63, 3.8) is 0 Å². The van der Waals surface area contributed by atoms with Crippen molar-refractivity contribution >= 4 is 0 Å². The molecular formula is C26H26N2O5. The third-order valence-corrected chi connectivity index (χ3v) is 5.38. The molecule has 4 rings (SSSR count). The Morgan fingerprint density at radius 3 is 2.39 bits per heavy atom. The second kappa shape index (κ2) is 9.56. The zero-order chi connectivity index (χ0) is 23.4. The number of benzene rings is 3. The van der Waals surface area contributed by atoms with Gasteiger partial charge in [0.1, 0.15) is 29.5 Å². The van der Waals surface area contributed by atoms with Crippen LogP contribution < -0.4 is 18.9 Å². The van der Waals surface area contributed by atoms with E-state index in [1.165, 1.54) is 0 Å². The van der Waals surface area contributed by atoms with Gasteiger partial charge in [0.2, 0.25) is 0 Å². The molecule has 170 valence electrons. The lowest BCUT2D eigenvalue weighted by Crippen LogP contribution is -1.96. The number of hydrogen-bond acceptors (Lipinski definition) is 6. The number of nitrogens with one attached hydrogen (secondary N) is 1. The Kier molecular flexibility index (Phi) is 6.40. The fourth-order valence-electron chi connectivity index (χ4n) is 3.70. The van der Waals surface area contributed by atoms with Gasteiger partial charge in [-0.05, 0) is 54.4 Å². The first kappa shape index (κ1) is 22.1. The van der Waals surface area contributed by atoms with Gasteiger partial charge in [0, 0.05) is 22.9 Å². The summed E-state index contributed by atoms with van der Waals surface area (Å²) in [4.78, 5) is 0. The van der Waals surface area contributed by atoms with Crippen LogP contribution in [-0.2, 0) is 6.61 Å². The summed E-state index contributed by atoms with van der Waals surface area (Å²) in [6.07, 6.45) is 0. The number of aromatic amines is 1. The summed E-state index contributed by atoms with van der Waals surface area (Å²) in [6.45, 7) is 2.29. The Balaban J connectivity index is 1.62. The van der Waals surface area contributed by atoms with Crippen LogP contribution in [0.15, 0.2) is 60.7 Å². The van der Waals surface area contributed by atoms with Gasteiger partial charge in [-0.2, -0.15) is 5.10 Å². The Labute approximate surface area is 192 Å². The summed E-state index contributed by atoms with van der Waals surface area (Å²) >= 11 is 0. The molecule has 0 amide bonds. The van der Waals surface area contributed by atoms with Gasteiger partial charge in [0.25, 0.3) is 0 Å². The molecule has 7 heteroatoms. The quantitative estimate of drug-likeness (QED) is 0.379. The SMILES string of the molecule is COc1cccc(COc2ccc(-c3n[nH]c(C)c3-c3ccc(OC)c(OC)c3)c(O)c2)c1. The molecule has 7 nitrogen and oxygen atoms in total. The summed E-state index contributed by atoms with van der Waals surface area (Å²) in [6, 6.07) is 18.5. The second-order valence-electron chi connectivity index (χ2n) is 7.46. The fraction of sp³-hybridized carbons (Fsp3) is 0.192. The molecule has 2 N–H and O–H groups in total. The smallest absolute Gasteiger partial charge is 0.161 e. The van der Waals surface area contributed by atoms with E-state index < -0.39 is 0 Å². The van der Waals surface area contributed by atoms with Crippen LogP contribution in [0.5, 0.6) is 28.7 Å². The normalized spacial score (nSPS) is 10.7. The molecule has 0 radical (unpaired) electrons. The van der Waals surface area contributed by atoms with E-state index in [4.69, 9.17) is 18.9 Å². The number of phenols is 1. The van der Waals surface area contributed by atoms with Gasteiger partial charge in [0.05, 0.1) is 21.3 Å². The molecule has 0 aliphatic carbocycles. The predicted octanol–water partition coefficient (Wildman–Crippen LogP) is 5.36. The molecule has 0 atom stereocenters. The molecule has 0 aliphatic rings. The summed E-state index contributed by atoms with van der Waals surface area (Å²) in [5.74, 6) is 2.66. The van der Waals surface area contributed by atoms with Gasteiger partial charge in [-0.15, -0.1) is 0 Å². The van der Waals surface area contributed by atoms with Crippen molar-refractivity contribution in [1.82, 2.24) is 10.2 Å². The van der Waals surface area contributed by atoms with Crippen molar-refractivity contribution in [2.24, 2.45) is 0 Å². The van der Waals surface area contributed by atoms with E-state index in [0.29, 0.717) is 35.1 Å². The standard InChI is InChI=1S/C26H26N2O5/c1-16-25(18-8-11-23(31-3)24(13-18)32-4)26(28-27-16)21-10-9-20(14-22(21)29)33-15-17-6-5-7-19(12-17)30-2/h5-14,29H,15H2,1-4H3,(H,27,28). The average molecular weight is 447 g/mol. The van der Waals surface area contributed by atoms with Crippen LogP contribution in [0.4, 0.5) is 0 Å². The Morgan fingerprint density at radius 2 is 1.67 bits per heavy atom. The minimum absolute atomic E-state index is 0.0753. The Morgan fingerprint density at radius 1 is 0.848 bits per heavy atom. The van der Waals surface area contributed by atoms with Crippen molar-refractivity contribution in [3.8, 4) is 51.1 Å². The van der Waals surface area contributed by atoms with E-state index in [1.807, 2.05) is 55.5 Å². The number of hydrogen-bond donors (Lipinski definition) is 2. The summed E-state index contributed by atoms with van der Waals surface area (Å²) in [5.41, 5.74) is 4.84. The number of aromatic nitrogens is 2. The molecule has 4 aromatic rings. The fourth-order valence-corrected chi connectivity index (χ4v) is 3.70. The van der Waals surface area contributed by atoms with E-state index in [2.05, 4.69) is 10.2 Å². The molecule has 1 aromatic heterocycles. The molecule has 0 fully saturated rings. The molecule has 33 heavy (non-hydrogen) atoms. The summed E-state index contributed by atoms with van der Waals surface area (Å²) < 4.78 is 21.9. The molecule has 0 saturated carbocycles. The van der Waals surface area contributed by atoms with Crippen LogP contribution in [0.2, 0.25) is 0 Å². The van der Waals surface area contributed by atoms with E-state index in [1.54, 1.807) is 33.5 Å². The Bertz CT molecular complexity index is 1270. The molecule has 1 heterocycles. The van der Waals surface area contributed by atoms with Gasteiger partial charge < -0.3 is 24.1 Å². The highest BCUT2D eigenvalue weighted by atomic mass is 16.5.